The molecule has 0 aliphatic heterocycles. The van der Waals surface area contributed by atoms with Crippen LogP contribution in [0.3, 0.4) is 0 Å². The van der Waals surface area contributed by atoms with E-state index >= 15 is 0 Å². The van der Waals surface area contributed by atoms with Gasteiger partial charge in [-0.3, -0.25) is 0 Å². The van der Waals surface area contributed by atoms with Crippen molar-refractivity contribution < 1.29 is 8.94 Å². The van der Waals surface area contributed by atoms with Gasteiger partial charge in [-0.25, -0.2) is 0 Å². The third kappa shape index (κ3) is 2.50. The van der Waals surface area contributed by atoms with Crippen LogP contribution in [0.4, 0.5) is 0 Å². The molecule has 2 aliphatic rings. The largest absolute Gasteiger partial charge is 0.461 e. The van der Waals surface area contributed by atoms with E-state index in [2.05, 4.69) is 23.1 Å². The van der Waals surface area contributed by atoms with Gasteiger partial charge in [-0.1, -0.05) is 24.9 Å². The van der Waals surface area contributed by atoms with Gasteiger partial charge in [0.25, 0.3) is 5.89 Å². The highest BCUT2D eigenvalue weighted by Crippen LogP contribution is 2.47. The zero-order valence-corrected chi connectivity index (χ0v) is 12.8. The topological polar surface area (TPSA) is 78.1 Å². The molecule has 0 radical (unpaired) electrons. The van der Waals surface area contributed by atoms with Gasteiger partial charge in [-0.2, -0.15) is 4.98 Å². The van der Waals surface area contributed by atoms with Crippen molar-refractivity contribution >= 4 is 12.2 Å². The lowest BCUT2D eigenvalue weighted by Gasteiger charge is -2.17. The van der Waals surface area contributed by atoms with Crippen LogP contribution in [0.5, 0.6) is 0 Å². The molecular weight excluding hydrogens is 278 g/mol. The summed E-state index contributed by atoms with van der Waals surface area (Å²) in [7, 11) is 0. The molecule has 0 aromatic carbocycles. The molecule has 2 N–H and O–H groups in total. The molecule has 2 atom stereocenters. The van der Waals surface area contributed by atoms with Crippen LogP contribution in [0.2, 0.25) is 0 Å². The van der Waals surface area contributed by atoms with E-state index in [4.69, 9.17) is 14.7 Å². The van der Waals surface area contributed by atoms with Crippen LogP contribution in [0.1, 0.15) is 68.2 Å². The Bertz CT molecular complexity index is 694. The lowest BCUT2D eigenvalue weighted by molar-refractivity contribution is 0.364. The first-order chi connectivity index (χ1) is 10.6. The molecule has 5 nitrogen and oxygen atoms in total. The quantitative estimate of drug-likeness (QED) is 0.931. The summed E-state index contributed by atoms with van der Waals surface area (Å²) < 4.78 is 11.1. The molecule has 2 aliphatic carbocycles. The predicted octanol–water partition coefficient (Wildman–Crippen LogP) is 3.68. The molecule has 4 rings (SSSR count). The SMILES string of the molecule is CC1CC1c1ccc(/C=C/c2nc(C3(N)CCCC3)no2)o1. The molecule has 2 fully saturated rings. The molecule has 0 amide bonds. The van der Waals surface area contributed by atoms with Crippen molar-refractivity contribution in [3.63, 3.8) is 0 Å². The fourth-order valence-corrected chi connectivity index (χ4v) is 3.26. The van der Waals surface area contributed by atoms with Crippen molar-refractivity contribution in [2.45, 2.75) is 50.5 Å². The Balaban J connectivity index is 1.47. The Labute approximate surface area is 129 Å². The van der Waals surface area contributed by atoms with Crippen LogP contribution < -0.4 is 5.73 Å². The smallest absolute Gasteiger partial charge is 0.250 e. The Morgan fingerprint density at radius 3 is 2.77 bits per heavy atom. The maximum atomic E-state index is 6.33. The summed E-state index contributed by atoms with van der Waals surface area (Å²) in [5.74, 6) is 4.33. The van der Waals surface area contributed by atoms with Gasteiger partial charge in [-0.15, -0.1) is 0 Å². The number of aromatic nitrogens is 2. The zero-order chi connectivity index (χ0) is 15.2. The summed E-state index contributed by atoms with van der Waals surface area (Å²) in [6.45, 7) is 2.24. The monoisotopic (exact) mass is 299 g/mol. The van der Waals surface area contributed by atoms with E-state index in [-0.39, 0.29) is 0 Å². The second-order valence-corrected chi connectivity index (χ2v) is 6.71. The van der Waals surface area contributed by atoms with Crippen molar-refractivity contribution in [2.24, 2.45) is 11.7 Å². The molecule has 2 unspecified atom stereocenters. The van der Waals surface area contributed by atoms with Crippen LogP contribution in [-0.4, -0.2) is 10.1 Å². The molecule has 2 saturated carbocycles. The number of hydrogen-bond donors (Lipinski definition) is 1. The van der Waals surface area contributed by atoms with Gasteiger partial charge in [-0.05, 0) is 43.4 Å². The van der Waals surface area contributed by atoms with Crippen LogP contribution in [0.15, 0.2) is 21.1 Å². The van der Waals surface area contributed by atoms with Gasteiger partial charge >= 0.3 is 0 Å². The summed E-state index contributed by atoms with van der Waals surface area (Å²) in [4.78, 5) is 4.41. The summed E-state index contributed by atoms with van der Waals surface area (Å²) in [5.41, 5.74) is 5.92. The molecule has 5 heteroatoms. The Hall–Kier alpha value is -1.88. The lowest BCUT2D eigenvalue weighted by atomic mass is 9.99. The van der Waals surface area contributed by atoms with E-state index < -0.39 is 5.54 Å². The molecule has 2 heterocycles. The summed E-state index contributed by atoms with van der Waals surface area (Å²) in [6.07, 6.45) is 8.99. The average molecular weight is 299 g/mol. The predicted molar refractivity (Wildman–Crippen MR) is 82.8 cm³/mol. The average Bonchev–Trinajstić information content (AvgIpc) is 3.00. The molecule has 0 spiro atoms. The molecule has 0 saturated heterocycles. The van der Waals surface area contributed by atoms with Gasteiger partial charge < -0.3 is 14.7 Å². The maximum absolute atomic E-state index is 6.33. The Morgan fingerprint density at radius 1 is 1.27 bits per heavy atom. The highest BCUT2D eigenvalue weighted by Gasteiger charge is 2.37. The highest BCUT2D eigenvalue weighted by atomic mass is 16.5. The third-order valence-corrected chi connectivity index (χ3v) is 4.90. The van der Waals surface area contributed by atoms with E-state index in [1.807, 2.05) is 12.1 Å². The van der Waals surface area contributed by atoms with Crippen molar-refractivity contribution in [1.29, 1.82) is 0 Å². The van der Waals surface area contributed by atoms with Crippen LogP contribution in [0, 0.1) is 5.92 Å². The van der Waals surface area contributed by atoms with Gasteiger partial charge in [0, 0.05) is 12.0 Å². The van der Waals surface area contributed by atoms with E-state index in [0.717, 1.165) is 43.1 Å². The number of nitrogens with zero attached hydrogens (tertiary/aromatic N) is 2. The van der Waals surface area contributed by atoms with E-state index in [1.165, 1.54) is 6.42 Å². The van der Waals surface area contributed by atoms with Gasteiger partial charge in [0.1, 0.15) is 11.5 Å². The fraction of sp³-hybridized carbons (Fsp3) is 0.529. The number of rotatable bonds is 4. The minimum absolute atomic E-state index is 0.407. The summed E-state index contributed by atoms with van der Waals surface area (Å²) in [5, 5.41) is 4.04. The van der Waals surface area contributed by atoms with Gasteiger partial charge in [0.2, 0.25) is 0 Å². The minimum Gasteiger partial charge on any atom is -0.461 e. The van der Waals surface area contributed by atoms with E-state index in [1.54, 1.807) is 6.08 Å². The molecular formula is C17H21N3O2. The summed E-state index contributed by atoms with van der Waals surface area (Å²) in [6, 6.07) is 4.04. The normalized spacial score (nSPS) is 26.8. The van der Waals surface area contributed by atoms with Gasteiger partial charge in [0.05, 0.1) is 5.54 Å². The second-order valence-electron chi connectivity index (χ2n) is 6.71. The summed E-state index contributed by atoms with van der Waals surface area (Å²) >= 11 is 0. The standard InChI is InChI=1S/C17H21N3O2/c1-11-10-13(11)14-6-4-12(21-14)5-7-15-19-16(20-22-15)17(18)8-2-3-9-17/h4-7,11,13H,2-3,8-10,18H2,1H3/b7-5+. The highest BCUT2D eigenvalue weighted by molar-refractivity contribution is 5.63. The molecule has 0 bridgehead atoms. The van der Waals surface area contributed by atoms with E-state index in [0.29, 0.717) is 17.6 Å². The van der Waals surface area contributed by atoms with Crippen molar-refractivity contribution in [3.05, 3.63) is 35.4 Å². The molecule has 2 aromatic rings. The Morgan fingerprint density at radius 2 is 2.05 bits per heavy atom. The molecule has 22 heavy (non-hydrogen) atoms. The zero-order valence-electron chi connectivity index (χ0n) is 12.8. The number of nitrogens with two attached hydrogens (primary N) is 1. The maximum Gasteiger partial charge on any atom is 0.250 e. The fourth-order valence-electron chi connectivity index (χ4n) is 3.26. The van der Waals surface area contributed by atoms with Crippen LogP contribution in [0.25, 0.3) is 12.2 Å². The minimum atomic E-state index is -0.407. The van der Waals surface area contributed by atoms with Crippen molar-refractivity contribution in [2.75, 3.05) is 0 Å². The third-order valence-electron chi connectivity index (χ3n) is 4.90. The van der Waals surface area contributed by atoms with Gasteiger partial charge in [0.15, 0.2) is 5.82 Å². The Kier molecular flexibility index (Phi) is 3.18. The van der Waals surface area contributed by atoms with Crippen molar-refractivity contribution in [3.8, 4) is 0 Å². The number of hydrogen-bond acceptors (Lipinski definition) is 5. The van der Waals surface area contributed by atoms with Crippen LogP contribution in [-0.2, 0) is 5.54 Å². The first-order valence-corrected chi connectivity index (χ1v) is 8.05. The van der Waals surface area contributed by atoms with Crippen LogP contribution >= 0.6 is 0 Å². The van der Waals surface area contributed by atoms with E-state index in [9.17, 15) is 0 Å². The van der Waals surface area contributed by atoms with Crippen molar-refractivity contribution in [1.82, 2.24) is 10.1 Å². The molecule has 116 valence electrons. The first-order valence-electron chi connectivity index (χ1n) is 8.05. The molecule has 2 aromatic heterocycles. The number of furan rings is 1. The lowest BCUT2D eigenvalue weighted by Crippen LogP contribution is -2.34. The first kappa shape index (κ1) is 13.8. The second kappa shape index (κ2) is 5.09.